The molecule has 0 bridgehead atoms. The van der Waals surface area contributed by atoms with E-state index in [1.54, 1.807) is 6.07 Å². The molecule has 2 aromatic carbocycles. The average Bonchev–Trinajstić information content (AvgIpc) is 3.15. The molecule has 0 aliphatic rings. The molecule has 0 spiro atoms. The van der Waals surface area contributed by atoms with Crippen LogP contribution in [-0.4, -0.2) is 40.4 Å². The number of nitrogens with two attached hydrogens (primary N) is 1. The van der Waals surface area contributed by atoms with E-state index in [4.69, 9.17) is 15.1 Å². The van der Waals surface area contributed by atoms with E-state index in [2.05, 4.69) is 4.98 Å². The maximum atomic E-state index is 11.3. The minimum Gasteiger partial charge on any atom is -0.453 e. The van der Waals surface area contributed by atoms with Gasteiger partial charge in [-0.2, -0.15) is 0 Å². The first-order chi connectivity index (χ1) is 14.0. The van der Waals surface area contributed by atoms with Crippen molar-refractivity contribution in [3.05, 3.63) is 64.3 Å². The molecule has 0 saturated heterocycles. The Bertz CT molecular complexity index is 1170. The molecule has 29 heavy (non-hydrogen) atoms. The zero-order chi connectivity index (χ0) is 20.5. The topological polar surface area (TPSA) is 111 Å². The summed E-state index contributed by atoms with van der Waals surface area (Å²) in [7, 11) is 3.87. The molecule has 1 atom stereocenters. The third-order valence-electron chi connectivity index (χ3n) is 4.94. The van der Waals surface area contributed by atoms with E-state index in [-0.39, 0.29) is 11.7 Å². The largest absolute Gasteiger partial charge is 0.453 e. The van der Waals surface area contributed by atoms with Crippen molar-refractivity contribution in [3.63, 3.8) is 0 Å². The number of benzene rings is 2. The summed E-state index contributed by atoms with van der Waals surface area (Å²) in [5.74, 6) is 0.999. The lowest BCUT2D eigenvalue weighted by Crippen LogP contribution is -2.24. The smallest absolute Gasteiger partial charge is 0.270 e. The first-order valence-corrected chi connectivity index (χ1v) is 9.29. The molecule has 0 radical (unpaired) electrons. The van der Waals surface area contributed by atoms with Crippen molar-refractivity contribution < 1.29 is 9.34 Å². The Balaban J connectivity index is 1.96. The van der Waals surface area contributed by atoms with Gasteiger partial charge in [-0.1, -0.05) is 18.2 Å². The Morgan fingerprint density at radius 3 is 2.66 bits per heavy atom. The van der Waals surface area contributed by atoms with Gasteiger partial charge in [-0.05, 0) is 45.3 Å². The Kier molecular flexibility index (Phi) is 4.96. The summed E-state index contributed by atoms with van der Waals surface area (Å²) in [6.07, 6.45) is 0.654. The number of hydrogen-bond donors (Lipinski definition) is 1. The third-order valence-corrected chi connectivity index (χ3v) is 4.94. The molecule has 0 saturated carbocycles. The standard InChI is InChI=1S/C21H21N5O3/c1-25(2)17(9-10-22)20-15-12-14(26(27)28)7-8-16(15)23-21(24-20)19-11-13-5-3-4-6-18(13)29-19/h3-8,11-12,17H,9-10,22H2,1-2H3. The Morgan fingerprint density at radius 2 is 1.97 bits per heavy atom. The first-order valence-electron chi connectivity index (χ1n) is 9.29. The van der Waals surface area contributed by atoms with Crippen LogP contribution in [0.5, 0.6) is 0 Å². The summed E-state index contributed by atoms with van der Waals surface area (Å²) in [6, 6.07) is 14.1. The van der Waals surface area contributed by atoms with Crippen LogP contribution in [0.1, 0.15) is 18.2 Å². The second kappa shape index (κ2) is 7.57. The Hall–Kier alpha value is -3.36. The van der Waals surface area contributed by atoms with E-state index in [1.165, 1.54) is 12.1 Å². The van der Waals surface area contributed by atoms with Crippen LogP contribution < -0.4 is 5.73 Å². The highest BCUT2D eigenvalue weighted by atomic mass is 16.6. The maximum absolute atomic E-state index is 11.3. The molecular formula is C21H21N5O3. The molecule has 0 fully saturated rings. The van der Waals surface area contributed by atoms with Crippen molar-refractivity contribution in [2.75, 3.05) is 20.6 Å². The number of nitro benzene ring substituents is 1. The number of hydrogen-bond acceptors (Lipinski definition) is 7. The fourth-order valence-corrected chi connectivity index (χ4v) is 3.51. The van der Waals surface area contributed by atoms with Crippen LogP contribution in [0.2, 0.25) is 0 Å². The number of nitrogens with zero attached hydrogens (tertiary/aromatic N) is 4. The lowest BCUT2D eigenvalue weighted by Gasteiger charge is -2.24. The first kappa shape index (κ1) is 19.0. The van der Waals surface area contributed by atoms with E-state index in [0.29, 0.717) is 41.1 Å². The maximum Gasteiger partial charge on any atom is 0.270 e. The summed E-state index contributed by atoms with van der Waals surface area (Å²) in [4.78, 5) is 22.3. The second-order valence-corrected chi connectivity index (χ2v) is 7.10. The van der Waals surface area contributed by atoms with Gasteiger partial charge in [0.05, 0.1) is 22.2 Å². The molecule has 0 aliphatic heterocycles. The molecule has 148 valence electrons. The molecule has 2 N–H and O–H groups in total. The highest BCUT2D eigenvalue weighted by Crippen LogP contribution is 2.33. The van der Waals surface area contributed by atoms with Gasteiger partial charge in [0.2, 0.25) is 0 Å². The molecule has 2 aromatic heterocycles. The van der Waals surface area contributed by atoms with Gasteiger partial charge in [-0.15, -0.1) is 0 Å². The number of rotatable bonds is 6. The normalized spacial score (nSPS) is 12.7. The predicted octanol–water partition coefficient (Wildman–Crippen LogP) is 3.90. The molecule has 0 amide bonds. The molecule has 4 aromatic rings. The minimum absolute atomic E-state index is 0.00379. The van der Waals surface area contributed by atoms with Crippen LogP contribution in [0.4, 0.5) is 5.69 Å². The van der Waals surface area contributed by atoms with E-state index in [9.17, 15) is 10.1 Å². The lowest BCUT2D eigenvalue weighted by molar-refractivity contribution is -0.384. The number of fused-ring (bicyclic) bond motifs is 2. The van der Waals surface area contributed by atoms with Crippen LogP contribution in [0.3, 0.4) is 0 Å². The molecule has 0 aliphatic carbocycles. The highest BCUT2D eigenvalue weighted by molar-refractivity contribution is 5.86. The van der Waals surface area contributed by atoms with Crippen LogP contribution in [0.15, 0.2) is 52.9 Å². The number of aromatic nitrogens is 2. The van der Waals surface area contributed by atoms with Gasteiger partial charge in [0.15, 0.2) is 11.6 Å². The SMILES string of the molecule is CN(C)C(CCN)c1nc(-c2cc3ccccc3o2)nc2ccc([N+](=O)[O-])cc12. The molecule has 1 unspecified atom stereocenters. The highest BCUT2D eigenvalue weighted by Gasteiger charge is 2.23. The van der Waals surface area contributed by atoms with Gasteiger partial charge in [0, 0.05) is 22.9 Å². The van der Waals surface area contributed by atoms with Gasteiger partial charge in [0.25, 0.3) is 5.69 Å². The number of furan rings is 1. The quantitative estimate of drug-likeness (QED) is 0.392. The van der Waals surface area contributed by atoms with E-state index in [1.807, 2.05) is 49.3 Å². The van der Waals surface area contributed by atoms with Crippen molar-refractivity contribution in [3.8, 4) is 11.6 Å². The molecular weight excluding hydrogens is 370 g/mol. The van der Waals surface area contributed by atoms with Gasteiger partial charge < -0.3 is 15.1 Å². The summed E-state index contributed by atoms with van der Waals surface area (Å²) in [5, 5.41) is 12.9. The van der Waals surface area contributed by atoms with Crippen LogP contribution >= 0.6 is 0 Å². The van der Waals surface area contributed by atoms with Crippen molar-refractivity contribution in [1.29, 1.82) is 0 Å². The third kappa shape index (κ3) is 3.55. The number of nitro groups is 1. The summed E-state index contributed by atoms with van der Waals surface area (Å²) < 4.78 is 5.95. The van der Waals surface area contributed by atoms with Crippen LogP contribution in [0, 0.1) is 10.1 Å². The molecule has 8 nitrogen and oxygen atoms in total. The molecule has 8 heteroatoms. The zero-order valence-electron chi connectivity index (χ0n) is 16.2. The summed E-state index contributed by atoms with van der Waals surface area (Å²) in [6.45, 7) is 0.462. The van der Waals surface area contributed by atoms with Crippen molar-refractivity contribution in [2.24, 2.45) is 5.73 Å². The van der Waals surface area contributed by atoms with E-state index >= 15 is 0 Å². The monoisotopic (exact) mass is 391 g/mol. The average molecular weight is 391 g/mol. The molecule has 4 rings (SSSR count). The van der Waals surface area contributed by atoms with Gasteiger partial charge in [-0.25, -0.2) is 9.97 Å². The van der Waals surface area contributed by atoms with Gasteiger partial charge in [-0.3, -0.25) is 10.1 Å². The van der Waals surface area contributed by atoms with Crippen molar-refractivity contribution >= 4 is 27.6 Å². The second-order valence-electron chi connectivity index (χ2n) is 7.10. The Labute approximate surface area is 167 Å². The fourth-order valence-electron chi connectivity index (χ4n) is 3.51. The number of non-ortho nitro benzene ring substituents is 1. The van der Waals surface area contributed by atoms with Crippen LogP contribution in [-0.2, 0) is 0 Å². The fraction of sp³-hybridized carbons (Fsp3) is 0.238. The zero-order valence-corrected chi connectivity index (χ0v) is 16.2. The van der Waals surface area contributed by atoms with Crippen LogP contribution in [0.25, 0.3) is 33.5 Å². The molecule has 2 heterocycles. The lowest BCUT2D eigenvalue weighted by atomic mass is 10.0. The minimum atomic E-state index is -0.413. The predicted molar refractivity (Wildman–Crippen MR) is 111 cm³/mol. The Morgan fingerprint density at radius 1 is 1.17 bits per heavy atom. The van der Waals surface area contributed by atoms with E-state index < -0.39 is 4.92 Å². The summed E-state index contributed by atoms with van der Waals surface area (Å²) >= 11 is 0. The van der Waals surface area contributed by atoms with Gasteiger partial charge in [0.1, 0.15) is 5.58 Å². The van der Waals surface area contributed by atoms with Gasteiger partial charge >= 0.3 is 0 Å². The number of para-hydroxylation sites is 1. The van der Waals surface area contributed by atoms with Crippen molar-refractivity contribution in [1.82, 2.24) is 14.9 Å². The van der Waals surface area contributed by atoms with E-state index in [0.717, 1.165) is 11.0 Å². The van der Waals surface area contributed by atoms with Crippen molar-refractivity contribution in [2.45, 2.75) is 12.5 Å². The summed E-state index contributed by atoms with van der Waals surface area (Å²) in [5.41, 5.74) is 7.91.